The average molecular weight is 424 g/mol. The van der Waals surface area contributed by atoms with Gasteiger partial charge in [-0.3, -0.25) is 4.79 Å². The topological polar surface area (TPSA) is 61.6 Å². The van der Waals surface area contributed by atoms with Gasteiger partial charge in [0.25, 0.3) is 5.91 Å². The maximum absolute atomic E-state index is 14.5. The summed E-state index contributed by atoms with van der Waals surface area (Å²) < 4.78 is 43.5. The van der Waals surface area contributed by atoms with Crippen LogP contribution >= 0.6 is 0 Å². The van der Waals surface area contributed by atoms with Gasteiger partial charge in [-0.05, 0) is 26.1 Å². The minimum absolute atomic E-state index is 0.0972. The number of imidazole rings is 1. The van der Waals surface area contributed by atoms with Crippen LogP contribution in [0.2, 0.25) is 0 Å². The summed E-state index contributed by atoms with van der Waals surface area (Å²) in [6.45, 7) is 5.51. The Morgan fingerprint density at radius 3 is 2.53 bits per heavy atom. The van der Waals surface area contributed by atoms with Gasteiger partial charge in [0.1, 0.15) is 11.6 Å². The van der Waals surface area contributed by atoms with Gasteiger partial charge in [-0.2, -0.15) is 0 Å². The Morgan fingerprint density at radius 1 is 1.20 bits per heavy atom. The van der Waals surface area contributed by atoms with Gasteiger partial charge >= 0.3 is 0 Å². The number of aliphatic hydroxyl groups is 1. The van der Waals surface area contributed by atoms with Crippen LogP contribution in [0.4, 0.5) is 13.2 Å². The molecule has 1 aromatic heterocycles. The standard InChI is InChI=1S/C21H27F3N4O2/c1-21(2,12-29)11-27(4)20(30)18-17-10-26(3)6-5-7-28(17)19(25-18)13-8-15(23)16(24)9-14(13)22/h8-9,29H,5-7,10-12H2,1-4H3. The molecule has 0 aliphatic carbocycles. The van der Waals surface area contributed by atoms with Crippen molar-refractivity contribution in [2.45, 2.75) is 33.4 Å². The van der Waals surface area contributed by atoms with Crippen molar-refractivity contribution in [2.24, 2.45) is 5.41 Å². The zero-order valence-electron chi connectivity index (χ0n) is 17.7. The highest BCUT2D eigenvalue weighted by Crippen LogP contribution is 2.30. The van der Waals surface area contributed by atoms with Crippen LogP contribution in [-0.2, 0) is 13.1 Å². The van der Waals surface area contributed by atoms with Crippen molar-refractivity contribution in [3.8, 4) is 11.4 Å². The van der Waals surface area contributed by atoms with Crippen molar-refractivity contribution in [3.05, 3.63) is 41.0 Å². The number of carbonyl (C=O) groups excluding carboxylic acids is 1. The van der Waals surface area contributed by atoms with Gasteiger partial charge in [0.15, 0.2) is 17.3 Å². The molecule has 0 bridgehead atoms. The summed E-state index contributed by atoms with van der Waals surface area (Å²) in [5.41, 5.74) is 0.0661. The van der Waals surface area contributed by atoms with E-state index in [1.165, 1.54) is 4.90 Å². The number of nitrogens with zero attached hydrogens (tertiary/aromatic N) is 4. The van der Waals surface area contributed by atoms with Crippen LogP contribution < -0.4 is 0 Å². The summed E-state index contributed by atoms with van der Waals surface area (Å²) in [7, 11) is 3.52. The van der Waals surface area contributed by atoms with E-state index in [2.05, 4.69) is 4.98 Å². The summed E-state index contributed by atoms with van der Waals surface area (Å²) in [5.74, 6) is -3.65. The second-order valence-electron chi connectivity index (χ2n) is 8.70. The lowest BCUT2D eigenvalue weighted by atomic mass is 9.94. The van der Waals surface area contributed by atoms with Gasteiger partial charge in [-0.15, -0.1) is 0 Å². The summed E-state index contributed by atoms with van der Waals surface area (Å²) >= 11 is 0. The fourth-order valence-corrected chi connectivity index (χ4v) is 3.74. The molecule has 164 valence electrons. The maximum Gasteiger partial charge on any atom is 0.274 e. The van der Waals surface area contributed by atoms with Crippen molar-refractivity contribution in [1.29, 1.82) is 0 Å². The van der Waals surface area contributed by atoms with Crippen LogP contribution in [0.5, 0.6) is 0 Å². The summed E-state index contributed by atoms with van der Waals surface area (Å²) in [6, 6.07) is 1.27. The molecular formula is C21H27F3N4O2. The van der Waals surface area contributed by atoms with E-state index in [1.807, 2.05) is 25.8 Å². The fourth-order valence-electron chi connectivity index (χ4n) is 3.74. The third-order valence-electron chi connectivity index (χ3n) is 5.31. The Morgan fingerprint density at radius 2 is 1.87 bits per heavy atom. The Kier molecular flexibility index (Phi) is 6.24. The van der Waals surface area contributed by atoms with Crippen LogP contribution in [0.25, 0.3) is 11.4 Å². The van der Waals surface area contributed by atoms with Crippen molar-refractivity contribution >= 4 is 5.91 Å². The molecule has 1 amide bonds. The van der Waals surface area contributed by atoms with Crippen molar-refractivity contribution in [1.82, 2.24) is 19.4 Å². The molecule has 0 spiro atoms. The number of hydrogen-bond acceptors (Lipinski definition) is 4. The van der Waals surface area contributed by atoms with Crippen LogP contribution in [0.3, 0.4) is 0 Å². The minimum Gasteiger partial charge on any atom is -0.396 e. The highest BCUT2D eigenvalue weighted by molar-refractivity contribution is 5.94. The van der Waals surface area contributed by atoms with E-state index in [1.54, 1.807) is 11.6 Å². The highest BCUT2D eigenvalue weighted by atomic mass is 19.2. The monoisotopic (exact) mass is 424 g/mol. The van der Waals surface area contributed by atoms with E-state index in [0.29, 0.717) is 31.4 Å². The maximum atomic E-state index is 14.5. The fraction of sp³-hybridized carbons (Fsp3) is 0.524. The summed E-state index contributed by atoms with van der Waals surface area (Å²) in [6.07, 6.45) is 0.735. The van der Waals surface area contributed by atoms with E-state index in [0.717, 1.165) is 19.0 Å². The molecule has 2 aromatic rings. The first-order valence-corrected chi connectivity index (χ1v) is 9.83. The Balaban J connectivity index is 2.11. The number of halogens is 3. The summed E-state index contributed by atoms with van der Waals surface area (Å²) in [5, 5.41) is 9.52. The van der Waals surface area contributed by atoms with Crippen LogP contribution in [0, 0.1) is 22.9 Å². The number of hydrogen-bond donors (Lipinski definition) is 1. The Bertz CT molecular complexity index is 958. The highest BCUT2D eigenvalue weighted by Gasteiger charge is 2.30. The molecule has 1 aromatic carbocycles. The van der Waals surface area contributed by atoms with E-state index in [-0.39, 0.29) is 29.6 Å². The predicted octanol–water partition coefficient (Wildman–Crippen LogP) is 2.89. The molecule has 9 heteroatoms. The number of aliphatic hydroxyl groups excluding tert-OH is 1. The molecule has 2 heterocycles. The van der Waals surface area contributed by atoms with Gasteiger partial charge in [0, 0.05) is 44.8 Å². The number of carbonyl (C=O) groups is 1. The molecule has 0 fully saturated rings. The van der Waals surface area contributed by atoms with Gasteiger partial charge in [0.05, 0.1) is 11.3 Å². The molecule has 0 radical (unpaired) electrons. The first-order chi connectivity index (χ1) is 14.0. The average Bonchev–Trinajstić information content (AvgIpc) is 2.89. The number of amides is 1. The number of rotatable bonds is 5. The van der Waals surface area contributed by atoms with E-state index in [4.69, 9.17) is 0 Å². The molecule has 6 nitrogen and oxygen atoms in total. The quantitative estimate of drug-likeness (QED) is 0.750. The molecule has 1 aliphatic rings. The lowest BCUT2D eigenvalue weighted by Gasteiger charge is -2.28. The number of fused-ring (bicyclic) bond motifs is 1. The predicted molar refractivity (Wildman–Crippen MR) is 106 cm³/mol. The molecule has 1 N–H and O–H groups in total. The largest absolute Gasteiger partial charge is 0.396 e. The number of aromatic nitrogens is 2. The normalized spacial score (nSPS) is 15.1. The lowest BCUT2D eigenvalue weighted by Crippen LogP contribution is -2.38. The zero-order chi connectivity index (χ0) is 22.2. The van der Waals surface area contributed by atoms with Gasteiger partial charge in [-0.1, -0.05) is 13.8 Å². The van der Waals surface area contributed by atoms with E-state index >= 15 is 0 Å². The van der Waals surface area contributed by atoms with Gasteiger partial charge in [-0.25, -0.2) is 18.2 Å². The molecule has 0 atom stereocenters. The van der Waals surface area contributed by atoms with Crippen molar-refractivity contribution < 1.29 is 23.1 Å². The molecule has 0 unspecified atom stereocenters. The minimum atomic E-state index is -1.28. The molecule has 3 rings (SSSR count). The van der Waals surface area contributed by atoms with Gasteiger partial charge in [0.2, 0.25) is 0 Å². The van der Waals surface area contributed by atoms with Crippen LogP contribution in [0.1, 0.15) is 36.5 Å². The summed E-state index contributed by atoms with van der Waals surface area (Å²) in [4.78, 5) is 21.1. The Hall–Kier alpha value is -2.39. The third kappa shape index (κ3) is 4.37. The molecule has 0 saturated heterocycles. The van der Waals surface area contributed by atoms with Crippen molar-refractivity contribution in [2.75, 3.05) is 33.8 Å². The molecule has 1 aliphatic heterocycles. The molecular weight excluding hydrogens is 397 g/mol. The first-order valence-electron chi connectivity index (χ1n) is 9.83. The third-order valence-corrected chi connectivity index (χ3v) is 5.31. The zero-order valence-corrected chi connectivity index (χ0v) is 17.7. The molecule has 0 saturated carbocycles. The molecule has 30 heavy (non-hydrogen) atoms. The second kappa shape index (κ2) is 8.39. The van der Waals surface area contributed by atoms with E-state index < -0.39 is 22.9 Å². The van der Waals surface area contributed by atoms with E-state index in [9.17, 15) is 23.1 Å². The smallest absolute Gasteiger partial charge is 0.274 e. The first kappa shape index (κ1) is 22.3. The second-order valence-corrected chi connectivity index (χ2v) is 8.70. The Labute approximate surface area is 173 Å². The number of benzene rings is 1. The SMILES string of the molecule is CN1CCCn2c(-c3cc(F)c(F)cc3F)nc(C(=O)N(C)CC(C)(C)CO)c2C1. The van der Waals surface area contributed by atoms with Gasteiger partial charge < -0.3 is 19.5 Å². The van der Waals surface area contributed by atoms with Crippen molar-refractivity contribution in [3.63, 3.8) is 0 Å². The van der Waals surface area contributed by atoms with Crippen LogP contribution in [-0.4, -0.2) is 64.2 Å². The lowest BCUT2D eigenvalue weighted by molar-refractivity contribution is 0.0656. The van der Waals surface area contributed by atoms with Crippen LogP contribution in [0.15, 0.2) is 12.1 Å².